The van der Waals surface area contributed by atoms with Crippen molar-refractivity contribution in [1.82, 2.24) is 0 Å². The number of morpholine rings is 1. The highest BCUT2D eigenvalue weighted by molar-refractivity contribution is 5.97. The summed E-state index contributed by atoms with van der Waals surface area (Å²) in [6, 6.07) is 8.04. The van der Waals surface area contributed by atoms with Gasteiger partial charge < -0.3 is 15.0 Å². The summed E-state index contributed by atoms with van der Waals surface area (Å²) < 4.78 is 5.50. The lowest BCUT2D eigenvalue weighted by atomic mass is 9.79. The molecule has 4 heteroatoms. The third-order valence-corrected chi connectivity index (χ3v) is 5.31. The van der Waals surface area contributed by atoms with Crippen LogP contribution in [0.4, 0.5) is 5.69 Å². The minimum atomic E-state index is -0.260. The second-order valence-electron chi connectivity index (χ2n) is 6.63. The summed E-state index contributed by atoms with van der Waals surface area (Å²) in [6.45, 7) is 5.48. The van der Waals surface area contributed by atoms with Crippen LogP contribution in [-0.2, 0) is 9.53 Å². The summed E-state index contributed by atoms with van der Waals surface area (Å²) in [5.74, 6) is 0.207. The Labute approximate surface area is 132 Å². The van der Waals surface area contributed by atoms with Crippen molar-refractivity contribution in [2.45, 2.75) is 44.6 Å². The van der Waals surface area contributed by atoms with E-state index in [1.54, 1.807) is 0 Å². The lowest BCUT2D eigenvalue weighted by molar-refractivity contribution is -0.950. The van der Waals surface area contributed by atoms with Gasteiger partial charge in [-0.1, -0.05) is 24.6 Å². The molecule has 0 aromatic heterocycles. The number of benzene rings is 1. The molecule has 2 aliphatic rings. The van der Waals surface area contributed by atoms with Gasteiger partial charge in [-0.05, 0) is 31.4 Å². The predicted molar refractivity (Wildman–Crippen MR) is 87.1 cm³/mol. The molecule has 22 heavy (non-hydrogen) atoms. The van der Waals surface area contributed by atoms with Gasteiger partial charge in [-0.3, -0.25) is 4.79 Å². The predicted octanol–water partition coefficient (Wildman–Crippen LogP) is 1.55. The third kappa shape index (κ3) is 3.03. The third-order valence-electron chi connectivity index (χ3n) is 5.31. The number of para-hydroxylation sites is 1. The van der Waals surface area contributed by atoms with E-state index in [4.69, 9.17) is 4.74 Å². The number of rotatable bonds is 3. The molecule has 1 aliphatic heterocycles. The summed E-state index contributed by atoms with van der Waals surface area (Å²) >= 11 is 0. The van der Waals surface area contributed by atoms with Crippen LogP contribution in [0.25, 0.3) is 0 Å². The maximum atomic E-state index is 13.2. The van der Waals surface area contributed by atoms with Gasteiger partial charge in [-0.2, -0.15) is 0 Å². The SMILES string of the molecule is Cc1ccccc1NC(=O)C1([NH+]2CCOCC2)CCCCC1. The van der Waals surface area contributed by atoms with Crippen LogP contribution in [0.5, 0.6) is 0 Å². The molecule has 1 heterocycles. The maximum Gasteiger partial charge on any atom is 0.285 e. The van der Waals surface area contributed by atoms with Crippen molar-refractivity contribution in [3.05, 3.63) is 29.8 Å². The molecule has 3 rings (SSSR count). The van der Waals surface area contributed by atoms with E-state index >= 15 is 0 Å². The van der Waals surface area contributed by atoms with Crippen LogP contribution in [-0.4, -0.2) is 37.7 Å². The molecule has 1 aromatic rings. The molecule has 1 aromatic carbocycles. The number of amides is 1. The van der Waals surface area contributed by atoms with Crippen LogP contribution < -0.4 is 10.2 Å². The van der Waals surface area contributed by atoms with Gasteiger partial charge in [0.05, 0.1) is 13.2 Å². The Morgan fingerprint density at radius 1 is 1.14 bits per heavy atom. The van der Waals surface area contributed by atoms with E-state index < -0.39 is 0 Å². The molecule has 1 saturated heterocycles. The van der Waals surface area contributed by atoms with Gasteiger partial charge in [0, 0.05) is 18.5 Å². The highest BCUT2D eigenvalue weighted by atomic mass is 16.5. The number of ether oxygens (including phenoxy) is 1. The Bertz CT molecular complexity index is 518. The quantitative estimate of drug-likeness (QED) is 0.890. The highest BCUT2D eigenvalue weighted by Crippen LogP contribution is 2.28. The van der Waals surface area contributed by atoms with Crippen molar-refractivity contribution in [3.8, 4) is 0 Å². The molecule has 0 atom stereocenters. The Kier molecular flexibility index (Phi) is 4.79. The van der Waals surface area contributed by atoms with Gasteiger partial charge in [0.25, 0.3) is 5.91 Å². The van der Waals surface area contributed by atoms with Crippen LogP contribution in [0.3, 0.4) is 0 Å². The minimum Gasteiger partial charge on any atom is -0.370 e. The number of nitrogens with one attached hydrogen (secondary N) is 2. The Hall–Kier alpha value is -1.39. The van der Waals surface area contributed by atoms with Gasteiger partial charge in [0.1, 0.15) is 13.1 Å². The summed E-state index contributed by atoms with van der Waals surface area (Å²) in [6.07, 6.45) is 5.57. The molecule has 0 bridgehead atoms. The van der Waals surface area contributed by atoms with Crippen molar-refractivity contribution >= 4 is 11.6 Å². The number of aryl methyl sites for hydroxylation is 1. The number of quaternary nitrogens is 1. The molecule has 1 amide bonds. The van der Waals surface area contributed by atoms with Crippen LogP contribution in [0.2, 0.25) is 0 Å². The van der Waals surface area contributed by atoms with Crippen LogP contribution in [0.15, 0.2) is 24.3 Å². The van der Waals surface area contributed by atoms with E-state index in [-0.39, 0.29) is 11.4 Å². The summed E-state index contributed by atoms with van der Waals surface area (Å²) in [5, 5.41) is 3.22. The number of carbonyl (C=O) groups excluding carboxylic acids is 1. The van der Waals surface area contributed by atoms with E-state index in [1.165, 1.54) is 11.3 Å². The lowest BCUT2D eigenvalue weighted by Gasteiger charge is -2.43. The summed E-state index contributed by atoms with van der Waals surface area (Å²) in [7, 11) is 0. The first-order chi connectivity index (χ1) is 10.7. The van der Waals surface area contributed by atoms with Crippen molar-refractivity contribution in [1.29, 1.82) is 0 Å². The van der Waals surface area contributed by atoms with Crippen molar-refractivity contribution in [2.75, 3.05) is 31.6 Å². The Morgan fingerprint density at radius 2 is 1.82 bits per heavy atom. The zero-order valence-electron chi connectivity index (χ0n) is 13.5. The second-order valence-corrected chi connectivity index (χ2v) is 6.63. The first kappa shape index (κ1) is 15.5. The molecular weight excluding hydrogens is 276 g/mol. The molecule has 2 N–H and O–H groups in total. The topological polar surface area (TPSA) is 42.8 Å². The molecule has 1 aliphatic carbocycles. The lowest BCUT2D eigenvalue weighted by Crippen LogP contribution is -3.23. The Morgan fingerprint density at radius 3 is 2.50 bits per heavy atom. The molecule has 0 spiro atoms. The zero-order valence-corrected chi connectivity index (χ0v) is 13.5. The average molecular weight is 303 g/mol. The van der Waals surface area contributed by atoms with Crippen LogP contribution in [0, 0.1) is 6.92 Å². The fourth-order valence-corrected chi connectivity index (χ4v) is 3.95. The first-order valence-electron chi connectivity index (χ1n) is 8.52. The average Bonchev–Trinajstić information content (AvgIpc) is 2.58. The van der Waals surface area contributed by atoms with E-state index in [0.29, 0.717) is 0 Å². The number of hydrogen-bond donors (Lipinski definition) is 2. The number of anilines is 1. The fourth-order valence-electron chi connectivity index (χ4n) is 3.95. The van der Waals surface area contributed by atoms with Crippen molar-refractivity contribution in [2.24, 2.45) is 0 Å². The van der Waals surface area contributed by atoms with Gasteiger partial charge in [-0.25, -0.2) is 0 Å². The standard InChI is InChI=1S/C18H26N2O2/c1-15-7-3-4-8-16(15)19-17(21)18(9-5-2-6-10-18)20-11-13-22-14-12-20/h3-4,7-8H,2,5-6,9-14H2,1H3,(H,19,21)/p+1. The summed E-state index contributed by atoms with van der Waals surface area (Å²) in [4.78, 5) is 14.6. The molecular formula is C18H27N2O2+. The minimum absolute atomic E-state index is 0.207. The second kappa shape index (κ2) is 6.80. The Balaban J connectivity index is 1.82. The molecule has 1 saturated carbocycles. The number of hydrogen-bond acceptors (Lipinski definition) is 2. The van der Waals surface area contributed by atoms with Crippen molar-refractivity contribution < 1.29 is 14.4 Å². The normalized spacial score (nSPS) is 22.2. The molecule has 120 valence electrons. The first-order valence-corrected chi connectivity index (χ1v) is 8.52. The largest absolute Gasteiger partial charge is 0.370 e. The van der Waals surface area contributed by atoms with Gasteiger partial charge in [-0.15, -0.1) is 0 Å². The highest BCUT2D eigenvalue weighted by Gasteiger charge is 2.49. The van der Waals surface area contributed by atoms with Gasteiger partial charge in [0.15, 0.2) is 5.54 Å². The van der Waals surface area contributed by atoms with Crippen LogP contribution >= 0.6 is 0 Å². The fraction of sp³-hybridized carbons (Fsp3) is 0.611. The van der Waals surface area contributed by atoms with E-state index in [0.717, 1.165) is 63.2 Å². The van der Waals surface area contributed by atoms with E-state index in [1.807, 2.05) is 31.2 Å². The molecule has 2 fully saturated rings. The molecule has 0 unspecified atom stereocenters. The van der Waals surface area contributed by atoms with Gasteiger partial charge in [0.2, 0.25) is 0 Å². The van der Waals surface area contributed by atoms with Crippen LogP contribution in [0.1, 0.15) is 37.7 Å². The number of carbonyl (C=O) groups is 1. The smallest absolute Gasteiger partial charge is 0.285 e. The van der Waals surface area contributed by atoms with E-state index in [9.17, 15) is 4.79 Å². The zero-order chi connectivity index (χ0) is 15.4. The summed E-state index contributed by atoms with van der Waals surface area (Å²) in [5.41, 5.74) is 1.81. The molecule has 0 radical (unpaired) electrons. The monoisotopic (exact) mass is 303 g/mol. The molecule has 4 nitrogen and oxygen atoms in total. The van der Waals surface area contributed by atoms with Gasteiger partial charge >= 0.3 is 0 Å². The van der Waals surface area contributed by atoms with Crippen molar-refractivity contribution in [3.63, 3.8) is 0 Å². The van der Waals surface area contributed by atoms with E-state index in [2.05, 4.69) is 5.32 Å². The maximum absolute atomic E-state index is 13.2.